The maximum atomic E-state index is 5.70. The first-order valence-electron chi connectivity index (χ1n) is 7.56. The highest BCUT2D eigenvalue weighted by molar-refractivity contribution is 5.24. The van der Waals surface area contributed by atoms with Gasteiger partial charge in [0.25, 0.3) is 0 Å². The van der Waals surface area contributed by atoms with Crippen LogP contribution in [-0.4, -0.2) is 6.54 Å². The Labute approximate surface area is 119 Å². The van der Waals surface area contributed by atoms with Crippen molar-refractivity contribution in [3.63, 3.8) is 0 Å². The quantitative estimate of drug-likeness (QED) is 0.782. The van der Waals surface area contributed by atoms with E-state index in [1.54, 1.807) is 0 Å². The molecule has 1 heterocycles. The Bertz CT molecular complexity index is 386. The molecule has 0 saturated carbocycles. The molecule has 1 aromatic heterocycles. The van der Waals surface area contributed by atoms with Gasteiger partial charge in [-0.25, -0.2) is 0 Å². The molecule has 2 unspecified atom stereocenters. The Morgan fingerprint density at radius 3 is 2.32 bits per heavy atom. The second kappa shape index (κ2) is 6.60. The minimum atomic E-state index is 0.346. The first kappa shape index (κ1) is 16.3. The Morgan fingerprint density at radius 2 is 1.89 bits per heavy atom. The van der Waals surface area contributed by atoms with Crippen LogP contribution in [0.4, 0.5) is 0 Å². The van der Waals surface area contributed by atoms with Crippen LogP contribution in [0.5, 0.6) is 0 Å². The summed E-state index contributed by atoms with van der Waals surface area (Å²) < 4.78 is 5.70. The fourth-order valence-corrected chi connectivity index (χ4v) is 2.34. The zero-order chi connectivity index (χ0) is 14.6. The normalized spacial score (nSPS) is 15.5. The first-order chi connectivity index (χ1) is 8.75. The number of hydrogen-bond donors (Lipinski definition) is 1. The highest BCUT2D eigenvalue weighted by Gasteiger charge is 2.25. The Hall–Kier alpha value is -0.760. The number of furan rings is 1. The first-order valence-corrected chi connectivity index (χ1v) is 7.56. The topological polar surface area (TPSA) is 25.2 Å². The van der Waals surface area contributed by atoms with Gasteiger partial charge in [0.2, 0.25) is 0 Å². The van der Waals surface area contributed by atoms with Gasteiger partial charge >= 0.3 is 0 Å². The lowest BCUT2D eigenvalue weighted by molar-refractivity contribution is 0.222. The highest BCUT2D eigenvalue weighted by atomic mass is 16.3. The molecule has 0 fully saturated rings. The zero-order valence-corrected chi connectivity index (χ0v) is 13.8. The second-order valence-corrected chi connectivity index (χ2v) is 6.88. The summed E-state index contributed by atoms with van der Waals surface area (Å²) >= 11 is 0. The zero-order valence-electron chi connectivity index (χ0n) is 13.8. The molecule has 0 spiro atoms. The van der Waals surface area contributed by atoms with E-state index in [4.69, 9.17) is 4.42 Å². The molecular formula is C17H31NO. The van der Waals surface area contributed by atoms with Crippen LogP contribution in [0, 0.1) is 25.2 Å². The number of nitrogens with one attached hydrogen (secondary N) is 1. The van der Waals surface area contributed by atoms with Crippen molar-refractivity contribution in [1.29, 1.82) is 0 Å². The monoisotopic (exact) mass is 265 g/mol. The summed E-state index contributed by atoms with van der Waals surface area (Å²) in [6.45, 7) is 16.7. The molecule has 19 heavy (non-hydrogen) atoms. The Balaban J connectivity index is 2.86. The van der Waals surface area contributed by atoms with Crippen molar-refractivity contribution in [2.75, 3.05) is 6.54 Å². The number of rotatable bonds is 6. The smallest absolute Gasteiger partial charge is 0.105 e. The molecule has 0 aliphatic heterocycles. The van der Waals surface area contributed by atoms with Crippen LogP contribution in [0.1, 0.15) is 70.6 Å². The van der Waals surface area contributed by atoms with Crippen molar-refractivity contribution in [2.24, 2.45) is 11.3 Å². The van der Waals surface area contributed by atoms with Gasteiger partial charge in [-0.05, 0) is 50.6 Å². The van der Waals surface area contributed by atoms with E-state index in [0.29, 0.717) is 17.4 Å². The average molecular weight is 265 g/mol. The van der Waals surface area contributed by atoms with E-state index in [0.717, 1.165) is 30.9 Å². The predicted molar refractivity (Wildman–Crippen MR) is 82.5 cm³/mol. The molecule has 0 aromatic carbocycles. The molecule has 2 nitrogen and oxygen atoms in total. The minimum absolute atomic E-state index is 0.346. The third kappa shape index (κ3) is 4.68. The molecule has 2 atom stereocenters. The molecule has 0 bridgehead atoms. The summed E-state index contributed by atoms with van der Waals surface area (Å²) in [7, 11) is 0. The lowest BCUT2D eigenvalue weighted by Crippen LogP contribution is -2.28. The number of hydrogen-bond acceptors (Lipinski definition) is 2. The predicted octanol–water partition coefficient (Wildman–Crippen LogP) is 5.01. The van der Waals surface area contributed by atoms with E-state index in [1.165, 1.54) is 5.56 Å². The van der Waals surface area contributed by atoms with E-state index in [2.05, 4.69) is 52.9 Å². The maximum absolute atomic E-state index is 5.70. The summed E-state index contributed by atoms with van der Waals surface area (Å²) in [4.78, 5) is 0. The van der Waals surface area contributed by atoms with E-state index in [9.17, 15) is 0 Å². The van der Waals surface area contributed by atoms with Gasteiger partial charge in [-0.1, -0.05) is 34.6 Å². The molecule has 0 saturated heterocycles. The molecule has 0 radical (unpaired) electrons. The van der Waals surface area contributed by atoms with Crippen LogP contribution in [0.25, 0.3) is 0 Å². The fraction of sp³-hybridized carbons (Fsp3) is 0.765. The van der Waals surface area contributed by atoms with Gasteiger partial charge in [0.05, 0.1) is 0 Å². The van der Waals surface area contributed by atoms with Crippen molar-refractivity contribution >= 4 is 0 Å². The van der Waals surface area contributed by atoms with Crippen LogP contribution in [-0.2, 0) is 0 Å². The van der Waals surface area contributed by atoms with Crippen molar-refractivity contribution in [2.45, 2.75) is 67.3 Å². The lowest BCUT2D eigenvalue weighted by Gasteiger charge is -2.31. The minimum Gasteiger partial charge on any atom is -0.466 e. The SMILES string of the molecule is CCCNC(CC(C)C(C)(C)C)c1cc(C)oc1C. The molecule has 0 amide bonds. The average Bonchev–Trinajstić information content (AvgIpc) is 2.62. The fourth-order valence-electron chi connectivity index (χ4n) is 2.34. The highest BCUT2D eigenvalue weighted by Crippen LogP contribution is 2.34. The Kier molecular flexibility index (Phi) is 5.66. The van der Waals surface area contributed by atoms with Crippen molar-refractivity contribution in [1.82, 2.24) is 5.32 Å². The van der Waals surface area contributed by atoms with Gasteiger partial charge < -0.3 is 9.73 Å². The van der Waals surface area contributed by atoms with Gasteiger partial charge in [-0.3, -0.25) is 0 Å². The van der Waals surface area contributed by atoms with E-state index in [1.807, 2.05) is 6.92 Å². The van der Waals surface area contributed by atoms with Crippen molar-refractivity contribution in [3.8, 4) is 0 Å². The standard InChI is InChI=1S/C17H31NO/c1-8-9-18-16(10-12(2)17(5,6)7)15-11-13(3)19-14(15)4/h11-12,16,18H,8-10H2,1-7H3. The summed E-state index contributed by atoms with van der Waals surface area (Å²) in [6.07, 6.45) is 2.32. The second-order valence-electron chi connectivity index (χ2n) is 6.88. The lowest BCUT2D eigenvalue weighted by atomic mass is 9.77. The number of aryl methyl sites for hydroxylation is 2. The molecule has 1 N–H and O–H groups in total. The molecule has 1 rings (SSSR count). The van der Waals surface area contributed by atoms with Crippen LogP contribution in [0.15, 0.2) is 10.5 Å². The summed E-state index contributed by atoms with van der Waals surface area (Å²) in [5.74, 6) is 2.74. The molecule has 2 heteroatoms. The molecule has 110 valence electrons. The van der Waals surface area contributed by atoms with E-state index < -0.39 is 0 Å². The van der Waals surface area contributed by atoms with Crippen molar-refractivity contribution in [3.05, 3.63) is 23.2 Å². The van der Waals surface area contributed by atoms with Gasteiger partial charge in [0, 0.05) is 11.6 Å². The Morgan fingerprint density at radius 1 is 1.26 bits per heavy atom. The largest absolute Gasteiger partial charge is 0.466 e. The third-order valence-electron chi connectivity index (χ3n) is 4.16. The van der Waals surface area contributed by atoms with Gasteiger partial charge in [0.15, 0.2) is 0 Å². The van der Waals surface area contributed by atoms with Gasteiger partial charge in [-0.15, -0.1) is 0 Å². The molecule has 0 aliphatic rings. The summed E-state index contributed by atoms with van der Waals surface area (Å²) in [5, 5.41) is 3.68. The maximum Gasteiger partial charge on any atom is 0.105 e. The summed E-state index contributed by atoms with van der Waals surface area (Å²) in [5.41, 5.74) is 1.68. The summed E-state index contributed by atoms with van der Waals surface area (Å²) in [6, 6.07) is 2.60. The van der Waals surface area contributed by atoms with Crippen molar-refractivity contribution < 1.29 is 4.42 Å². The van der Waals surface area contributed by atoms with Crippen LogP contribution in [0.3, 0.4) is 0 Å². The van der Waals surface area contributed by atoms with Gasteiger partial charge in [-0.2, -0.15) is 0 Å². The molecule has 0 aliphatic carbocycles. The van der Waals surface area contributed by atoms with Gasteiger partial charge in [0.1, 0.15) is 11.5 Å². The van der Waals surface area contributed by atoms with E-state index in [-0.39, 0.29) is 0 Å². The van der Waals surface area contributed by atoms with Crippen LogP contribution in [0.2, 0.25) is 0 Å². The van der Waals surface area contributed by atoms with Crippen LogP contribution < -0.4 is 5.32 Å². The third-order valence-corrected chi connectivity index (χ3v) is 4.16. The molecule has 1 aromatic rings. The molecular weight excluding hydrogens is 234 g/mol. The van der Waals surface area contributed by atoms with Crippen LogP contribution >= 0.6 is 0 Å². The van der Waals surface area contributed by atoms with E-state index >= 15 is 0 Å².